The van der Waals surface area contributed by atoms with Crippen LogP contribution in [-0.2, 0) is 4.79 Å². The molecule has 2 amide bonds. The van der Waals surface area contributed by atoms with Gasteiger partial charge in [-0.2, -0.15) is 0 Å². The minimum absolute atomic E-state index is 0.125. The van der Waals surface area contributed by atoms with Gasteiger partial charge in [-0.25, -0.2) is 4.39 Å². The van der Waals surface area contributed by atoms with Gasteiger partial charge in [-0.15, -0.1) is 0 Å². The van der Waals surface area contributed by atoms with Gasteiger partial charge in [0.25, 0.3) is 5.91 Å². The summed E-state index contributed by atoms with van der Waals surface area (Å²) in [7, 11) is 3.16. The second kappa shape index (κ2) is 6.65. The minimum Gasteiger partial charge on any atom is -0.359 e. The number of nitrogens with one attached hydrogen (secondary N) is 1. The number of hydrogen-bond acceptors (Lipinski definition) is 2. The Hall–Kier alpha value is -1.43. The summed E-state index contributed by atoms with van der Waals surface area (Å²) in [5, 5.41) is 2.53. The van der Waals surface area contributed by atoms with E-state index < -0.39 is 5.82 Å². The molecule has 104 valence electrons. The van der Waals surface area contributed by atoms with E-state index in [9.17, 15) is 14.0 Å². The molecular formula is C13H16BrFN2O2. The molecule has 0 saturated carbocycles. The molecule has 0 spiro atoms. The normalized spacial score (nSPS) is 11.8. The molecule has 1 aromatic rings. The van der Waals surface area contributed by atoms with Crippen molar-refractivity contribution in [3.63, 3.8) is 0 Å². The monoisotopic (exact) mass is 330 g/mol. The van der Waals surface area contributed by atoms with E-state index in [1.54, 1.807) is 21.0 Å². The minimum atomic E-state index is -0.419. The van der Waals surface area contributed by atoms with Crippen molar-refractivity contribution in [2.75, 3.05) is 20.6 Å². The van der Waals surface area contributed by atoms with Crippen LogP contribution in [-0.4, -0.2) is 37.4 Å². The van der Waals surface area contributed by atoms with E-state index in [1.165, 1.54) is 23.1 Å². The van der Waals surface area contributed by atoms with Crippen LogP contribution in [0.15, 0.2) is 22.7 Å². The van der Waals surface area contributed by atoms with Crippen molar-refractivity contribution >= 4 is 27.7 Å². The van der Waals surface area contributed by atoms with Crippen LogP contribution in [0.5, 0.6) is 0 Å². The molecule has 0 aromatic heterocycles. The molecule has 1 rings (SSSR count). The van der Waals surface area contributed by atoms with E-state index in [1.807, 2.05) is 0 Å². The second-order valence-corrected chi connectivity index (χ2v) is 5.18. The van der Waals surface area contributed by atoms with Crippen LogP contribution >= 0.6 is 15.9 Å². The first-order valence-corrected chi connectivity index (χ1v) is 6.58. The van der Waals surface area contributed by atoms with Gasteiger partial charge in [0.2, 0.25) is 5.91 Å². The number of nitrogens with zero attached hydrogens (tertiary/aromatic N) is 1. The Balaban J connectivity index is 2.76. The van der Waals surface area contributed by atoms with Gasteiger partial charge in [0.15, 0.2) is 0 Å². The summed E-state index contributed by atoms with van der Waals surface area (Å²) < 4.78 is 13.3. The van der Waals surface area contributed by atoms with Gasteiger partial charge in [-0.1, -0.05) is 6.92 Å². The van der Waals surface area contributed by atoms with Crippen LogP contribution in [0.2, 0.25) is 0 Å². The lowest BCUT2D eigenvalue weighted by Crippen LogP contribution is -2.37. The maximum atomic E-state index is 13.1. The summed E-state index contributed by atoms with van der Waals surface area (Å²) >= 11 is 3.04. The molecule has 1 N–H and O–H groups in total. The van der Waals surface area contributed by atoms with E-state index in [2.05, 4.69) is 21.2 Å². The van der Waals surface area contributed by atoms with Gasteiger partial charge in [0, 0.05) is 26.2 Å². The predicted molar refractivity (Wildman–Crippen MR) is 74.3 cm³/mol. The maximum absolute atomic E-state index is 13.1. The van der Waals surface area contributed by atoms with Gasteiger partial charge in [0.1, 0.15) is 5.82 Å². The van der Waals surface area contributed by atoms with Gasteiger partial charge >= 0.3 is 0 Å². The Morgan fingerprint density at radius 3 is 2.63 bits per heavy atom. The topological polar surface area (TPSA) is 49.4 Å². The van der Waals surface area contributed by atoms with Crippen LogP contribution in [0.3, 0.4) is 0 Å². The van der Waals surface area contributed by atoms with Crippen molar-refractivity contribution < 1.29 is 14.0 Å². The average Bonchev–Trinajstić information content (AvgIpc) is 2.39. The average molecular weight is 331 g/mol. The molecule has 4 nitrogen and oxygen atoms in total. The highest BCUT2D eigenvalue weighted by Gasteiger charge is 2.18. The molecule has 0 fully saturated rings. The van der Waals surface area contributed by atoms with Gasteiger partial charge in [-0.05, 0) is 34.1 Å². The third-order valence-corrected chi connectivity index (χ3v) is 3.36. The number of benzene rings is 1. The molecule has 19 heavy (non-hydrogen) atoms. The number of amides is 2. The lowest BCUT2D eigenvalue weighted by Gasteiger charge is -2.21. The molecule has 6 heteroatoms. The van der Waals surface area contributed by atoms with E-state index in [0.29, 0.717) is 12.1 Å². The molecule has 0 aliphatic rings. The molecule has 1 atom stereocenters. The first kappa shape index (κ1) is 15.6. The smallest absolute Gasteiger partial charge is 0.253 e. The van der Waals surface area contributed by atoms with E-state index in [4.69, 9.17) is 0 Å². The van der Waals surface area contributed by atoms with Crippen LogP contribution in [0.25, 0.3) is 0 Å². The quantitative estimate of drug-likeness (QED) is 0.918. The fraction of sp³-hybridized carbons (Fsp3) is 0.385. The van der Waals surface area contributed by atoms with E-state index in [-0.39, 0.29) is 22.2 Å². The second-order valence-electron chi connectivity index (χ2n) is 4.33. The zero-order valence-corrected chi connectivity index (χ0v) is 12.6. The first-order chi connectivity index (χ1) is 8.86. The predicted octanol–water partition coefficient (Wildman–Crippen LogP) is 2.04. The van der Waals surface area contributed by atoms with Crippen molar-refractivity contribution in [2.24, 2.45) is 5.92 Å². The molecule has 1 aromatic carbocycles. The Kier molecular flexibility index (Phi) is 5.47. The summed E-state index contributed by atoms with van der Waals surface area (Å²) in [6.07, 6.45) is 0. The van der Waals surface area contributed by atoms with Crippen molar-refractivity contribution in [3.05, 3.63) is 34.1 Å². The zero-order valence-electron chi connectivity index (χ0n) is 11.0. The molecule has 0 aliphatic heterocycles. The number of carbonyl (C=O) groups is 2. The number of halogens is 2. The molecular weight excluding hydrogens is 315 g/mol. The SMILES string of the molecule is CNC(=O)C(C)CN(C)C(=O)c1ccc(F)c(Br)c1. The Morgan fingerprint density at radius 2 is 2.11 bits per heavy atom. The lowest BCUT2D eigenvalue weighted by atomic mass is 10.1. The molecule has 0 saturated heterocycles. The van der Waals surface area contributed by atoms with Crippen molar-refractivity contribution in [1.29, 1.82) is 0 Å². The molecule has 0 bridgehead atoms. The Labute approximate surface area is 120 Å². The summed E-state index contributed by atoms with van der Waals surface area (Å²) in [6, 6.07) is 4.08. The number of rotatable bonds is 4. The zero-order chi connectivity index (χ0) is 14.6. The molecule has 0 heterocycles. The van der Waals surface area contributed by atoms with Gasteiger partial charge < -0.3 is 10.2 Å². The highest BCUT2D eigenvalue weighted by molar-refractivity contribution is 9.10. The van der Waals surface area contributed by atoms with Gasteiger partial charge in [0.05, 0.1) is 10.4 Å². The Bertz CT molecular complexity index is 494. The number of carbonyl (C=O) groups excluding carboxylic acids is 2. The first-order valence-electron chi connectivity index (χ1n) is 5.79. The van der Waals surface area contributed by atoms with Crippen molar-refractivity contribution in [3.8, 4) is 0 Å². The Morgan fingerprint density at radius 1 is 1.47 bits per heavy atom. The fourth-order valence-electron chi connectivity index (χ4n) is 1.67. The third kappa shape index (κ3) is 4.02. The molecule has 0 radical (unpaired) electrons. The molecule has 0 aliphatic carbocycles. The van der Waals surface area contributed by atoms with Gasteiger partial charge in [-0.3, -0.25) is 9.59 Å². The number of hydrogen-bond donors (Lipinski definition) is 1. The largest absolute Gasteiger partial charge is 0.359 e. The third-order valence-electron chi connectivity index (χ3n) is 2.75. The highest BCUT2D eigenvalue weighted by atomic mass is 79.9. The van der Waals surface area contributed by atoms with Crippen LogP contribution in [0.1, 0.15) is 17.3 Å². The summed E-state index contributed by atoms with van der Waals surface area (Å²) in [4.78, 5) is 24.9. The maximum Gasteiger partial charge on any atom is 0.253 e. The van der Waals surface area contributed by atoms with Crippen molar-refractivity contribution in [2.45, 2.75) is 6.92 Å². The standard InChI is InChI=1S/C13H16BrFN2O2/c1-8(12(18)16-2)7-17(3)13(19)9-4-5-11(15)10(14)6-9/h4-6,8H,7H2,1-3H3,(H,16,18). The van der Waals surface area contributed by atoms with Crippen LogP contribution in [0, 0.1) is 11.7 Å². The van der Waals surface area contributed by atoms with Crippen LogP contribution < -0.4 is 5.32 Å². The molecule has 1 unspecified atom stereocenters. The van der Waals surface area contributed by atoms with Crippen LogP contribution in [0.4, 0.5) is 4.39 Å². The summed E-state index contributed by atoms with van der Waals surface area (Å²) in [5.41, 5.74) is 0.375. The lowest BCUT2D eigenvalue weighted by molar-refractivity contribution is -0.124. The van der Waals surface area contributed by atoms with E-state index >= 15 is 0 Å². The summed E-state index contributed by atoms with van der Waals surface area (Å²) in [5.74, 6) is -1.10. The fourth-order valence-corrected chi connectivity index (χ4v) is 2.05. The van der Waals surface area contributed by atoms with Crippen molar-refractivity contribution in [1.82, 2.24) is 10.2 Å². The highest BCUT2D eigenvalue weighted by Crippen LogP contribution is 2.18. The van der Waals surface area contributed by atoms with E-state index in [0.717, 1.165) is 0 Å². The summed E-state index contributed by atoms with van der Waals surface area (Å²) in [6.45, 7) is 2.04.